The average Bonchev–Trinajstić information content (AvgIpc) is 2.26. The van der Waals surface area contributed by atoms with E-state index in [-0.39, 0.29) is 17.6 Å². The van der Waals surface area contributed by atoms with Gasteiger partial charge in [0.25, 0.3) is 0 Å². The van der Waals surface area contributed by atoms with E-state index in [0.717, 1.165) is 0 Å². The first-order valence-electron chi connectivity index (χ1n) is 6.86. The van der Waals surface area contributed by atoms with Crippen LogP contribution in [0.1, 0.15) is 48.0 Å². The largest absolute Gasteiger partial charge is 0.383 e. The molecule has 112 valence electrons. The SMILES string of the molecule is COCCNC(=O)C(C)(C)CC(C)(C)C(=O)C(C)C. The Morgan fingerprint density at radius 2 is 1.63 bits per heavy atom. The minimum atomic E-state index is -0.568. The van der Waals surface area contributed by atoms with Gasteiger partial charge in [0.05, 0.1) is 6.61 Å². The van der Waals surface area contributed by atoms with E-state index in [2.05, 4.69) is 5.32 Å². The van der Waals surface area contributed by atoms with Gasteiger partial charge in [-0.05, 0) is 6.42 Å². The number of nitrogens with one attached hydrogen (secondary N) is 1. The number of carbonyl (C=O) groups excluding carboxylic acids is 2. The highest BCUT2D eigenvalue weighted by atomic mass is 16.5. The molecule has 0 saturated heterocycles. The van der Waals surface area contributed by atoms with Crippen molar-refractivity contribution in [3.63, 3.8) is 0 Å². The Bertz CT molecular complexity index is 319. The van der Waals surface area contributed by atoms with E-state index >= 15 is 0 Å². The lowest BCUT2D eigenvalue weighted by Crippen LogP contribution is -2.43. The Labute approximate surface area is 117 Å². The maximum Gasteiger partial charge on any atom is 0.225 e. The molecule has 0 aromatic carbocycles. The van der Waals surface area contributed by atoms with Gasteiger partial charge in [-0.1, -0.05) is 41.5 Å². The Balaban J connectivity index is 4.66. The van der Waals surface area contributed by atoms with Crippen molar-refractivity contribution < 1.29 is 14.3 Å². The van der Waals surface area contributed by atoms with Crippen LogP contribution in [0, 0.1) is 16.7 Å². The summed E-state index contributed by atoms with van der Waals surface area (Å²) in [5.74, 6) is 0.154. The van der Waals surface area contributed by atoms with Crippen molar-refractivity contribution in [2.24, 2.45) is 16.7 Å². The van der Waals surface area contributed by atoms with E-state index in [9.17, 15) is 9.59 Å². The van der Waals surface area contributed by atoms with Crippen molar-refractivity contribution >= 4 is 11.7 Å². The van der Waals surface area contributed by atoms with Crippen molar-refractivity contribution in [1.82, 2.24) is 5.32 Å². The Kier molecular flexibility index (Phi) is 6.70. The molecule has 19 heavy (non-hydrogen) atoms. The van der Waals surface area contributed by atoms with Gasteiger partial charge in [0, 0.05) is 30.4 Å². The number of carbonyl (C=O) groups is 2. The van der Waals surface area contributed by atoms with Crippen LogP contribution in [0.5, 0.6) is 0 Å². The second kappa shape index (κ2) is 7.04. The summed E-state index contributed by atoms with van der Waals surface area (Å²) in [4.78, 5) is 24.3. The van der Waals surface area contributed by atoms with Crippen LogP contribution in [0.15, 0.2) is 0 Å². The molecule has 1 amide bonds. The third-order valence-electron chi connectivity index (χ3n) is 3.28. The fraction of sp³-hybridized carbons (Fsp3) is 0.867. The molecule has 1 N–H and O–H groups in total. The fourth-order valence-corrected chi connectivity index (χ4v) is 2.56. The molecule has 0 fully saturated rings. The monoisotopic (exact) mass is 271 g/mol. The quantitative estimate of drug-likeness (QED) is 0.690. The Morgan fingerprint density at radius 1 is 1.11 bits per heavy atom. The summed E-state index contributed by atoms with van der Waals surface area (Å²) in [5.41, 5.74) is -1.06. The van der Waals surface area contributed by atoms with Crippen LogP contribution in [0.3, 0.4) is 0 Å². The number of ether oxygens (including phenoxy) is 1. The lowest BCUT2D eigenvalue weighted by atomic mass is 9.70. The fourth-order valence-electron chi connectivity index (χ4n) is 2.56. The van der Waals surface area contributed by atoms with Crippen LogP contribution in [0.25, 0.3) is 0 Å². The highest BCUT2D eigenvalue weighted by Gasteiger charge is 2.39. The molecule has 0 aromatic rings. The van der Waals surface area contributed by atoms with Crippen molar-refractivity contribution in [2.75, 3.05) is 20.3 Å². The van der Waals surface area contributed by atoms with Gasteiger partial charge in [-0.2, -0.15) is 0 Å². The zero-order valence-corrected chi connectivity index (χ0v) is 13.4. The molecular formula is C15H29NO3. The van der Waals surface area contributed by atoms with Gasteiger partial charge in [-0.25, -0.2) is 0 Å². The number of ketones is 1. The second-order valence-corrected chi connectivity index (χ2v) is 6.71. The van der Waals surface area contributed by atoms with Crippen molar-refractivity contribution in [2.45, 2.75) is 48.0 Å². The molecule has 0 spiro atoms. The van der Waals surface area contributed by atoms with Gasteiger partial charge in [-0.3, -0.25) is 9.59 Å². The van der Waals surface area contributed by atoms with E-state index in [1.54, 1.807) is 7.11 Å². The lowest BCUT2D eigenvalue weighted by Gasteiger charge is -2.34. The molecule has 0 saturated carbocycles. The molecule has 0 aliphatic carbocycles. The summed E-state index contributed by atoms with van der Waals surface area (Å²) in [6.45, 7) is 12.4. The van der Waals surface area contributed by atoms with Gasteiger partial charge in [0.2, 0.25) is 5.91 Å². The highest BCUT2D eigenvalue weighted by molar-refractivity contribution is 5.88. The van der Waals surface area contributed by atoms with Gasteiger partial charge in [-0.15, -0.1) is 0 Å². The third-order valence-corrected chi connectivity index (χ3v) is 3.28. The first-order valence-corrected chi connectivity index (χ1v) is 6.86. The third kappa shape index (κ3) is 5.72. The smallest absolute Gasteiger partial charge is 0.225 e. The van der Waals surface area contributed by atoms with E-state index in [1.165, 1.54) is 0 Å². The number of amides is 1. The number of hydrogen-bond donors (Lipinski definition) is 1. The number of methoxy groups -OCH3 is 1. The molecule has 0 aliphatic heterocycles. The molecule has 4 nitrogen and oxygen atoms in total. The molecule has 0 aliphatic rings. The minimum Gasteiger partial charge on any atom is -0.383 e. The maximum atomic E-state index is 12.2. The second-order valence-electron chi connectivity index (χ2n) is 6.71. The van der Waals surface area contributed by atoms with Crippen LogP contribution >= 0.6 is 0 Å². The van der Waals surface area contributed by atoms with E-state index < -0.39 is 10.8 Å². The number of Topliss-reactive ketones (excluding diaryl/α,β-unsaturated/α-hetero) is 1. The molecule has 0 radical (unpaired) electrons. The normalized spacial score (nSPS) is 12.6. The summed E-state index contributed by atoms with van der Waals surface area (Å²) in [5, 5.41) is 2.84. The number of hydrogen-bond acceptors (Lipinski definition) is 3. The predicted molar refractivity (Wildman–Crippen MR) is 76.9 cm³/mol. The average molecular weight is 271 g/mol. The van der Waals surface area contributed by atoms with E-state index in [1.807, 2.05) is 41.5 Å². The summed E-state index contributed by atoms with van der Waals surface area (Å²) in [6.07, 6.45) is 0.538. The van der Waals surface area contributed by atoms with E-state index in [0.29, 0.717) is 19.6 Å². The molecule has 0 bridgehead atoms. The topological polar surface area (TPSA) is 55.4 Å². The van der Waals surface area contributed by atoms with Gasteiger partial charge in [0.15, 0.2) is 0 Å². The predicted octanol–water partition coefficient (Wildman–Crippen LogP) is 2.42. The zero-order valence-electron chi connectivity index (χ0n) is 13.4. The standard InChI is InChI=1S/C15H29NO3/c1-11(2)12(17)14(3,4)10-15(5,6)13(18)16-8-9-19-7/h11H,8-10H2,1-7H3,(H,16,18). The first kappa shape index (κ1) is 18.1. The summed E-state index contributed by atoms with van der Waals surface area (Å²) in [6, 6.07) is 0. The Morgan fingerprint density at radius 3 is 2.05 bits per heavy atom. The molecule has 0 atom stereocenters. The molecule has 0 unspecified atom stereocenters. The van der Waals surface area contributed by atoms with Crippen LogP contribution in [0.4, 0.5) is 0 Å². The molecule has 0 aromatic heterocycles. The summed E-state index contributed by atoms with van der Waals surface area (Å²) < 4.78 is 4.91. The molecule has 4 heteroatoms. The van der Waals surface area contributed by atoms with Gasteiger partial charge < -0.3 is 10.1 Å². The maximum absolute atomic E-state index is 12.2. The van der Waals surface area contributed by atoms with Crippen molar-refractivity contribution in [3.05, 3.63) is 0 Å². The highest BCUT2D eigenvalue weighted by Crippen LogP contribution is 2.36. The van der Waals surface area contributed by atoms with Crippen LogP contribution in [-0.2, 0) is 14.3 Å². The van der Waals surface area contributed by atoms with Crippen molar-refractivity contribution in [1.29, 1.82) is 0 Å². The van der Waals surface area contributed by atoms with Crippen LogP contribution in [0.2, 0.25) is 0 Å². The van der Waals surface area contributed by atoms with Gasteiger partial charge >= 0.3 is 0 Å². The van der Waals surface area contributed by atoms with Crippen LogP contribution in [-0.4, -0.2) is 32.0 Å². The summed E-state index contributed by atoms with van der Waals surface area (Å²) >= 11 is 0. The Hall–Kier alpha value is -0.900. The molecule has 0 rings (SSSR count). The lowest BCUT2D eigenvalue weighted by molar-refractivity contribution is -0.136. The molecule has 0 heterocycles. The summed E-state index contributed by atoms with van der Waals surface area (Å²) in [7, 11) is 1.60. The van der Waals surface area contributed by atoms with Crippen LogP contribution < -0.4 is 5.32 Å². The number of rotatable bonds is 8. The molecular weight excluding hydrogens is 242 g/mol. The van der Waals surface area contributed by atoms with Crippen molar-refractivity contribution in [3.8, 4) is 0 Å². The first-order chi connectivity index (χ1) is 8.54. The zero-order chi connectivity index (χ0) is 15.3. The van der Waals surface area contributed by atoms with E-state index in [4.69, 9.17) is 4.74 Å². The minimum absolute atomic E-state index is 0.0117. The van der Waals surface area contributed by atoms with Gasteiger partial charge in [0.1, 0.15) is 5.78 Å².